The van der Waals surface area contributed by atoms with Gasteiger partial charge < -0.3 is 14.2 Å². The Morgan fingerprint density at radius 1 is 0.420 bits per heavy atom. The number of esters is 3. The molecule has 0 aliphatic rings. The van der Waals surface area contributed by atoms with Gasteiger partial charge in [0.05, 0.1) is 0 Å². The topological polar surface area (TPSA) is 78.9 Å². The van der Waals surface area contributed by atoms with E-state index in [1.807, 2.05) is 0 Å². The predicted molar refractivity (Wildman–Crippen MR) is 210 cm³/mol. The standard InChI is InChI=1S/C44H74O6/c1-4-7-10-13-16-19-21-23-25-28-31-34-37-43(46)49-40-41(39-48-42(45)36-33-30-27-24-18-15-12-9-6-3)50-44(47)38-35-32-29-26-22-20-17-14-11-8-5-2/h7,9-10,12,16,18-19,23-25,41H,4-6,8,11,13-15,17,20-22,26-40H2,1-3H3/b10-7-,12-9-,19-16-,24-18-,25-23-. The molecule has 0 saturated carbocycles. The third kappa shape index (κ3) is 36.4. The van der Waals surface area contributed by atoms with Gasteiger partial charge in [-0.25, -0.2) is 0 Å². The molecule has 0 aromatic rings. The first-order valence-electron chi connectivity index (χ1n) is 20.3. The number of unbranched alkanes of at least 4 members (excludes halogenated alkanes) is 14. The maximum absolute atomic E-state index is 12.6. The summed E-state index contributed by atoms with van der Waals surface area (Å²) in [6, 6.07) is 0. The molecular formula is C44H74O6. The SMILES string of the molecule is CC/C=C\C/C=C\C/C=C\CCCCC(=O)OCC(COC(=O)CCCC/C=C\C/C=C\CC)OC(=O)CCCCCCCCCCCCC. The van der Waals surface area contributed by atoms with Gasteiger partial charge in [-0.05, 0) is 77.0 Å². The summed E-state index contributed by atoms with van der Waals surface area (Å²) < 4.78 is 16.5. The van der Waals surface area contributed by atoms with Gasteiger partial charge in [0.25, 0.3) is 0 Å². The van der Waals surface area contributed by atoms with Crippen molar-refractivity contribution in [1.29, 1.82) is 0 Å². The molecule has 1 unspecified atom stereocenters. The van der Waals surface area contributed by atoms with E-state index >= 15 is 0 Å². The van der Waals surface area contributed by atoms with Crippen LogP contribution in [0.3, 0.4) is 0 Å². The molecule has 1 atom stereocenters. The molecule has 0 fully saturated rings. The van der Waals surface area contributed by atoms with Gasteiger partial charge in [-0.3, -0.25) is 14.4 Å². The van der Waals surface area contributed by atoms with Gasteiger partial charge in [0, 0.05) is 19.3 Å². The van der Waals surface area contributed by atoms with Gasteiger partial charge >= 0.3 is 17.9 Å². The third-order valence-corrected chi connectivity index (χ3v) is 8.27. The highest BCUT2D eigenvalue weighted by molar-refractivity contribution is 5.71. The molecule has 0 rings (SSSR count). The molecule has 0 aliphatic heterocycles. The summed E-state index contributed by atoms with van der Waals surface area (Å²) in [6.07, 6.45) is 45.0. The van der Waals surface area contributed by atoms with Gasteiger partial charge in [0.15, 0.2) is 6.10 Å². The molecule has 6 nitrogen and oxygen atoms in total. The van der Waals surface area contributed by atoms with Crippen LogP contribution in [0.4, 0.5) is 0 Å². The average Bonchev–Trinajstić information content (AvgIpc) is 3.11. The zero-order valence-electron chi connectivity index (χ0n) is 32.4. The highest BCUT2D eigenvalue weighted by Gasteiger charge is 2.19. The number of rotatable bonds is 35. The first-order valence-corrected chi connectivity index (χ1v) is 20.3. The Balaban J connectivity index is 4.47. The van der Waals surface area contributed by atoms with Crippen LogP contribution in [-0.2, 0) is 28.6 Å². The lowest BCUT2D eigenvalue weighted by Crippen LogP contribution is -2.30. The number of hydrogen-bond acceptors (Lipinski definition) is 6. The molecular weight excluding hydrogens is 624 g/mol. The van der Waals surface area contributed by atoms with Crippen LogP contribution in [0.2, 0.25) is 0 Å². The molecule has 50 heavy (non-hydrogen) atoms. The normalized spacial score (nSPS) is 12.6. The fourth-order valence-corrected chi connectivity index (χ4v) is 5.26. The van der Waals surface area contributed by atoms with E-state index in [0.717, 1.165) is 89.9 Å². The number of hydrogen-bond donors (Lipinski definition) is 0. The second-order valence-corrected chi connectivity index (χ2v) is 13.1. The molecule has 0 bridgehead atoms. The van der Waals surface area contributed by atoms with Gasteiger partial charge in [0.1, 0.15) is 13.2 Å². The minimum absolute atomic E-state index is 0.103. The van der Waals surface area contributed by atoms with Crippen molar-refractivity contribution in [3.8, 4) is 0 Å². The Morgan fingerprint density at radius 2 is 0.780 bits per heavy atom. The molecule has 6 heteroatoms. The minimum Gasteiger partial charge on any atom is -0.462 e. The van der Waals surface area contributed by atoms with Gasteiger partial charge in [-0.1, -0.05) is 146 Å². The lowest BCUT2D eigenvalue weighted by molar-refractivity contribution is -0.167. The summed E-state index contributed by atoms with van der Waals surface area (Å²) in [7, 11) is 0. The number of carbonyl (C=O) groups is 3. The highest BCUT2D eigenvalue weighted by Crippen LogP contribution is 2.13. The second-order valence-electron chi connectivity index (χ2n) is 13.1. The Kier molecular flexibility index (Phi) is 36.7. The smallest absolute Gasteiger partial charge is 0.306 e. The van der Waals surface area contributed by atoms with Crippen molar-refractivity contribution < 1.29 is 28.6 Å². The average molecular weight is 699 g/mol. The van der Waals surface area contributed by atoms with E-state index in [-0.39, 0.29) is 31.1 Å². The van der Waals surface area contributed by atoms with Crippen molar-refractivity contribution in [2.45, 2.75) is 187 Å². The summed E-state index contributed by atoms with van der Waals surface area (Å²) in [5, 5.41) is 0. The highest BCUT2D eigenvalue weighted by atomic mass is 16.6. The molecule has 0 amide bonds. The molecule has 0 heterocycles. The lowest BCUT2D eigenvalue weighted by atomic mass is 10.1. The first-order chi connectivity index (χ1) is 24.5. The summed E-state index contributed by atoms with van der Waals surface area (Å²) in [5.41, 5.74) is 0. The molecule has 0 radical (unpaired) electrons. The van der Waals surface area contributed by atoms with Crippen molar-refractivity contribution >= 4 is 17.9 Å². The van der Waals surface area contributed by atoms with Crippen LogP contribution in [0.25, 0.3) is 0 Å². The van der Waals surface area contributed by atoms with Gasteiger partial charge in [-0.2, -0.15) is 0 Å². The molecule has 0 saturated heterocycles. The van der Waals surface area contributed by atoms with Crippen LogP contribution in [0.5, 0.6) is 0 Å². The van der Waals surface area contributed by atoms with Gasteiger partial charge in [-0.15, -0.1) is 0 Å². The maximum atomic E-state index is 12.6. The second kappa shape index (κ2) is 38.9. The van der Waals surface area contributed by atoms with E-state index in [1.54, 1.807) is 0 Å². The molecule has 0 spiro atoms. The van der Waals surface area contributed by atoms with Crippen LogP contribution < -0.4 is 0 Å². The van der Waals surface area contributed by atoms with Crippen LogP contribution in [0.1, 0.15) is 181 Å². The monoisotopic (exact) mass is 699 g/mol. The minimum atomic E-state index is -0.796. The molecule has 0 aromatic carbocycles. The zero-order chi connectivity index (χ0) is 36.6. The fraction of sp³-hybridized carbons (Fsp3) is 0.705. The van der Waals surface area contributed by atoms with E-state index < -0.39 is 6.10 Å². The summed E-state index contributed by atoms with van der Waals surface area (Å²) in [6.45, 7) is 6.29. The van der Waals surface area contributed by atoms with Crippen molar-refractivity contribution in [3.05, 3.63) is 60.8 Å². The van der Waals surface area contributed by atoms with Crippen molar-refractivity contribution in [3.63, 3.8) is 0 Å². The predicted octanol–water partition coefficient (Wildman–Crippen LogP) is 12.6. The van der Waals surface area contributed by atoms with Crippen molar-refractivity contribution in [2.24, 2.45) is 0 Å². The van der Waals surface area contributed by atoms with Crippen LogP contribution in [0, 0.1) is 0 Å². The zero-order valence-corrected chi connectivity index (χ0v) is 32.4. The quantitative estimate of drug-likeness (QED) is 0.0284. The summed E-state index contributed by atoms with van der Waals surface area (Å²) in [4.78, 5) is 37.4. The maximum Gasteiger partial charge on any atom is 0.306 e. The summed E-state index contributed by atoms with van der Waals surface area (Å²) >= 11 is 0. The van der Waals surface area contributed by atoms with E-state index in [4.69, 9.17) is 14.2 Å². The van der Waals surface area contributed by atoms with E-state index in [0.29, 0.717) is 19.3 Å². The van der Waals surface area contributed by atoms with Crippen LogP contribution >= 0.6 is 0 Å². The Morgan fingerprint density at radius 3 is 1.22 bits per heavy atom. The largest absolute Gasteiger partial charge is 0.462 e. The fourth-order valence-electron chi connectivity index (χ4n) is 5.26. The van der Waals surface area contributed by atoms with Gasteiger partial charge in [0.2, 0.25) is 0 Å². The third-order valence-electron chi connectivity index (χ3n) is 8.27. The molecule has 0 N–H and O–H groups in total. The number of allylic oxidation sites excluding steroid dienone is 10. The number of ether oxygens (including phenoxy) is 3. The van der Waals surface area contributed by atoms with E-state index in [9.17, 15) is 14.4 Å². The Labute approximate surface area is 307 Å². The summed E-state index contributed by atoms with van der Waals surface area (Å²) in [5.74, 6) is -0.986. The van der Waals surface area contributed by atoms with Crippen LogP contribution in [-0.4, -0.2) is 37.2 Å². The van der Waals surface area contributed by atoms with E-state index in [1.165, 1.54) is 51.4 Å². The Bertz CT molecular complexity index is 944. The molecule has 0 aliphatic carbocycles. The molecule has 286 valence electrons. The van der Waals surface area contributed by atoms with Crippen molar-refractivity contribution in [1.82, 2.24) is 0 Å². The van der Waals surface area contributed by atoms with Crippen LogP contribution in [0.15, 0.2) is 60.8 Å². The van der Waals surface area contributed by atoms with E-state index in [2.05, 4.69) is 81.5 Å². The lowest BCUT2D eigenvalue weighted by Gasteiger charge is -2.18. The van der Waals surface area contributed by atoms with Crippen molar-refractivity contribution in [2.75, 3.05) is 13.2 Å². The Hall–Kier alpha value is -2.89. The molecule has 0 aromatic heterocycles. The number of carbonyl (C=O) groups excluding carboxylic acids is 3. The first kappa shape index (κ1) is 47.1.